The molecule has 0 bridgehead atoms. The lowest BCUT2D eigenvalue weighted by Crippen LogP contribution is -2.50. The lowest BCUT2D eigenvalue weighted by molar-refractivity contribution is -0.148. The van der Waals surface area contributed by atoms with Crippen LogP contribution in [0.5, 0.6) is 0 Å². The second-order valence-electron chi connectivity index (χ2n) is 5.03. The summed E-state index contributed by atoms with van der Waals surface area (Å²) in [7, 11) is 3.09. The molecule has 0 amide bonds. The number of carbonyl (C=O) groups is 1. The van der Waals surface area contributed by atoms with E-state index in [1.807, 2.05) is 13.8 Å². The summed E-state index contributed by atoms with van der Waals surface area (Å²) in [4.78, 5) is 11.8. The smallest absolute Gasteiger partial charge is 0.325 e. The van der Waals surface area contributed by atoms with Gasteiger partial charge in [-0.25, -0.2) is 0 Å². The first kappa shape index (κ1) is 20.3. The van der Waals surface area contributed by atoms with E-state index < -0.39 is 5.54 Å². The zero-order valence-electron chi connectivity index (χ0n) is 13.9. The maximum Gasteiger partial charge on any atom is 0.325 e. The first-order valence-corrected chi connectivity index (χ1v) is 7.58. The fourth-order valence-electron chi connectivity index (χ4n) is 2.03. The summed E-state index contributed by atoms with van der Waals surface area (Å²) in [5, 5.41) is 3.17. The fraction of sp³-hybridized carbons (Fsp3) is 0.933. The van der Waals surface area contributed by atoms with Gasteiger partial charge in [-0.05, 0) is 32.7 Å². The van der Waals surface area contributed by atoms with E-state index in [1.165, 1.54) is 7.11 Å². The largest absolute Gasteiger partial charge is 0.468 e. The van der Waals surface area contributed by atoms with Crippen LogP contribution in [0.2, 0.25) is 0 Å². The maximum atomic E-state index is 11.8. The minimum absolute atomic E-state index is 0.231. The lowest BCUT2D eigenvalue weighted by atomic mass is 9.96. The Kier molecular flexibility index (Phi) is 12.6. The molecule has 0 aromatic carbocycles. The summed E-state index contributed by atoms with van der Waals surface area (Å²) in [5.74, 6) is -0.231. The Labute approximate surface area is 128 Å². The van der Waals surface area contributed by atoms with Crippen molar-refractivity contribution in [1.82, 2.24) is 5.32 Å². The van der Waals surface area contributed by atoms with Gasteiger partial charge in [-0.2, -0.15) is 0 Å². The molecule has 0 aliphatic heterocycles. The van der Waals surface area contributed by atoms with E-state index in [4.69, 9.17) is 18.9 Å². The molecule has 0 aromatic heterocycles. The highest BCUT2D eigenvalue weighted by Crippen LogP contribution is 2.14. The van der Waals surface area contributed by atoms with Crippen molar-refractivity contribution in [3.05, 3.63) is 0 Å². The highest BCUT2D eigenvalue weighted by Gasteiger charge is 2.32. The van der Waals surface area contributed by atoms with Gasteiger partial charge in [-0.1, -0.05) is 6.92 Å². The van der Waals surface area contributed by atoms with Gasteiger partial charge >= 0.3 is 5.97 Å². The van der Waals surface area contributed by atoms with Crippen LogP contribution in [0, 0.1) is 0 Å². The molecule has 0 saturated heterocycles. The Morgan fingerprint density at radius 1 is 1.00 bits per heavy atom. The van der Waals surface area contributed by atoms with Crippen molar-refractivity contribution in [1.29, 1.82) is 0 Å². The number of carbonyl (C=O) groups excluding carboxylic acids is 1. The summed E-state index contributed by atoms with van der Waals surface area (Å²) >= 11 is 0. The second-order valence-corrected chi connectivity index (χ2v) is 5.03. The Balaban J connectivity index is 3.61. The molecule has 1 unspecified atom stereocenters. The number of esters is 1. The lowest BCUT2D eigenvalue weighted by Gasteiger charge is -2.27. The van der Waals surface area contributed by atoms with E-state index in [0.717, 1.165) is 26.0 Å². The molecule has 6 nitrogen and oxygen atoms in total. The van der Waals surface area contributed by atoms with Crippen molar-refractivity contribution in [2.24, 2.45) is 0 Å². The Morgan fingerprint density at radius 3 is 2.14 bits per heavy atom. The molecule has 0 aromatic rings. The molecule has 1 N–H and O–H groups in total. The van der Waals surface area contributed by atoms with E-state index in [-0.39, 0.29) is 5.97 Å². The van der Waals surface area contributed by atoms with Gasteiger partial charge in [0.2, 0.25) is 0 Å². The van der Waals surface area contributed by atoms with E-state index >= 15 is 0 Å². The first-order chi connectivity index (χ1) is 10.1. The minimum atomic E-state index is -0.635. The van der Waals surface area contributed by atoms with Gasteiger partial charge < -0.3 is 24.3 Å². The third kappa shape index (κ3) is 9.79. The monoisotopic (exact) mass is 305 g/mol. The average molecular weight is 305 g/mol. The molecule has 1 atom stereocenters. The van der Waals surface area contributed by atoms with Crippen LogP contribution >= 0.6 is 0 Å². The highest BCUT2D eigenvalue weighted by molar-refractivity contribution is 5.80. The molecular weight excluding hydrogens is 274 g/mol. The number of likely N-dealkylation sites (N-methyl/N-ethyl adjacent to an activating group) is 1. The highest BCUT2D eigenvalue weighted by atomic mass is 16.5. The summed E-state index contributed by atoms with van der Waals surface area (Å²) in [6, 6.07) is 0. The van der Waals surface area contributed by atoms with E-state index in [9.17, 15) is 4.79 Å². The average Bonchev–Trinajstić information content (AvgIpc) is 2.48. The zero-order valence-corrected chi connectivity index (χ0v) is 13.9. The Bertz CT molecular complexity index is 262. The van der Waals surface area contributed by atoms with E-state index in [2.05, 4.69) is 5.32 Å². The maximum absolute atomic E-state index is 11.8. The van der Waals surface area contributed by atoms with Crippen LogP contribution in [0.4, 0.5) is 0 Å². The van der Waals surface area contributed by atoms with Gasteiger partial charge in [0.05, 0.1) is 20.3 Å². The van der Waals surface area contributed by atoms with Gasteiger partial charge in [0.1, 0.15) is 5.54 Å². The molecule has 0 aliphatic carbocycles. The van der Waals surface area contributed by atoms with Crippen LogP contribution in [-0.4, -0.2) is 65.3 Å². The molecule has 0 fully saturated rings. The van der Waals surface area contributed by atoms with Crippen LogP contribution in [0.3, 0.4) is 0 Å². The van der Waals surface area contributed by atoms with E-state index in [1.54, 1.807) is 7.11 Å². The first-order valence-electron chi connectivity index (χ1n) is 7.58. The number of hydrogen-bond donors (Lipinski definition) is 1. The molecule has 0 spiro atoms. The number of nitrogens with one attached hydrogen (secondary N) is 1. The van der Waals surface area contributed by atoms with Gasteiger partial charge in [0.25, 0.3) is 0 Å². The molecule has 21 heavy (non-hydrogen) atoms. The molecule has 126 valence electrons. The topological polar surface area (TPSA) is 66.0 Å². The summed E-state index contributed by atoms with van der Waals surface area (Å²) < 4.78 is 20.6. The van der Waals surface area contributed by atoms with Crippen molar-refractivity contribution in [3.8, 4) is 0 Å². The van der Waals surface area contributed by atoms with Crippen molar-refractivity contribution >= 4 is 5.97 Å². The minimum Gasteiger partial charge on any atom is -0.468 e. The van der Waals surface area contributed by atoms with Crippen molar-refractivity contribution < 1.29 is 23.7 Å². The summed E-state index contributed by atoms with van der Waals surface area (Å²) in [6.45, 7) is 7.74. The Hall–Kier alpha value is -0.690. The van der Waals surface area contributed by atoms with E-state index in [0.29, 0.717) is 32.8 Å². The summed E-state index contributed by atoms with van der Waals surface area (Å²) in [6.07, 6.45) is 2.38. The van der Waals surface area contributed by atoms with Crippen LogP contribution < -0.4 is 5.32 Å². The Morgan fingerprint density at radius 2 is 1.62 bits per heavy atom. The number of rotatable bonds is 14. The predicted octanol–water partition coefficient (Wildman–Crippen LogP) is 1.38. The molecular formula is C15H31NO5. The van der Waals surface area contributed by atoms with Crippen LogP contribution in [0.25, 0.3) is 0 Å². The molecule has 0 saturated carbocycles. The van der Waals surface area contributed by atoms with Gasteiger partial charge in [-0.3, -0.25) is 4.79 Å². The molecule has 0 rings (SSSR count). The molecule has 0 aliphatic rings. The normalized spacial score (nSPS) is 13.9. The van der Waals surface area contributed by atoms with Gasteiger partial charge in [-0.15, -0.1) is 0 Å². The van der Waals surface area contributed by atoms with Crippen LogP contribution in [0.15, 0.2) is 0 Å². The van der Waals surface area contributed by atoms with Crippen LogP contribution in [-0.2, 0) is 23.7 Å². The molecule has 6 heteroatoms. The van der Waals surface area contributed by atoms with Crippen LogP contribution in [0.1, 0.15) is 33.1 Å². The third-order valence-corrected chi connectivity index (χ3v) is 3.18. The molecule has 0 radical (unpaired) electrons. The number of ether oxygens (including phenoxy) is 4. The number of hydrogen-bond acceptors (Lipinski definition) is 6. The predicted molar refractivity (Wildman–Crippen MR) is 81.5 cm³/mol. The number of methoxy groups -OCH3 is 2. The van der Waals surface area contributed by atoms with Gasteiger partial charge in [0, 0.05) is 26.9 Å². The second kappa shape index (κ2) is 13.0. The third-order valence-electron chi connectivity index (χ3n) is 3.18. The van der Waals surface area contributed by atoms with Crippen molar-refractivity contribution in [3.63, 3.8) is 0 Å². The quantitative estimate of drug-likeness (QED) is 0.386. The van der Waals surface area contributed by atoms with Crippen molar-refractivity contribution in [2.45, 2.75) is 38.6 Å². The standard InChI is InChI=1S/C15H31NO5/c1-5-16-15(2,14(17)19-4)8-6-10-20-12-13-21-11-7-9-18-3/h16H,5-13H2,1-4H3. The molecule has 0 heterocycles. The zero-order chi connectivity index (χ0) is 16.0. The fourth-order valence-corrected chi connectivity index (χ4v) is 2.03. The SMILES string of the molecule is CCNC(C)(CCCOCCOCCCOC)C(=O)OC. The van der Waals surface area contributed by atoms with Crippen molar-refractivity contribution in [2.75, 3.05) is 53.8 Å². The van der Waals surface area contributed by atoms with Gasteiger partial charge in [0.15, 0.2) is 0 Å². The summed E-state index contributed by atoms with van der Waals surface area (Å²) in [5.41, 5.74) is -0.635.